The minimum absolute atomic E-state index is 0.210. The number of hydrogen-bond acceptors (Lipinski definition) is 4. The van der Waals surface area contributed by atoms with Crippen LogP contribution < -0.4 is 9.47 Å². The van der Waals surface area contributed by atoms with Crippen molar-refractivity contribution in [1.29, 1.82) is 0 Å². The minimum Gasteiger partial charge on any atom is -0.494 e. The smallest absolute Gasteiger partial charge is 0.119 e. The van der Waals surface area contributed by atoms with Crippen molar-refractivity contribution in [1.82, 2.24) is 0 Å². The molecule has 3 rings (SSSR count). The van der Waals surface area contributed by atoms with Crippen LogP contribution in [0.25, 0.3) is 22.3 Å². The Kier molecular flexibility index (Phi) is 8.76. The Balaban J connectivity index is 1.56. The molecule has 4 nitrogen and oxygen atoms in total. The molecular weight excluding hydrogens is 376 g/mol. The van der Waals surface area contributed by atoms with Gasteiger partial charge in [-0.25, -0.2) is 0 Å². The van der Waals surface area contributed by atoms with Crippen molar-refractivity contribution >= 4 is 0 Å². The second-order valence-corrected chi connectivity index (χ2v) is 7.18. The Morgan fingerprint density at radius 2 is 0.733 bits per heavy atom. The van der Waals surface area contributed by atoms with Crippen LogP contribution in [-0.4, -0.2) is 36.6 Å². The van der Waals surface area contributed by atoms with Crippen molar-refractivity contribution in [3.8, 4) is 33.8 Å². The molecular formula is C26H30O4. The normalized spacial score (nSPS) is 10.7. The van der Waals surface area contributed by atoms with Gasteiger partial charge in [0.25, 0.3) is 0 Å². The third-order valence-electron chi connectivity index (χ3n) is 4.90. The highest BCUT2D eigenvalue weighted by Gasteiger charge is 2.03. The first-order valence-corrected chi connectivity index (χ1v) is 10.6. The van der Waals surface area contributed by atoms with E-state index in [9.17, 15) is 0 Å². The summed E-state index contributed by atoms with van der Waals surface area (Å²) >= 11 is 0. The fourth-order valence-corrected chi connectivity index (χ4v) is 3.15. The zero-order valence-corrected chi connectivity index (χ0v) is 17.3. The van der Waals surface area contributed by atoms with Crippen molar-refractivity contribution in [2.45, 2.75) is 25.7 Å². The number of hydrogen-bond donors (Lipinski definition) is 2. The molecule has 0 aliphatic heterocycles. The number of aliphatic hydroxyl groups excluding tert-OH is 2. The van der Waals surface area contributed by atoms with Crippen LogP contribution >= 0.6 is 0 Å². The third kappa shape index (κ3) is 6.61. The maximum absolute atomic E-state index is 8.81. The Morgan fingerprint density at radius 1 is 0.433 bits per heavy atom. The van der Waals surface area contributed by atoms with Gasteiger partial charge in [0, 0.05) is 13.2 Å². The third-order valence-corrected chi connectivity index (χ3v) is 4.90. The van der Waals surface area contributed by atoms with E-state index in [2.05, 4.69) is 48.5 Å². The molecule has 3 aromatic rings. The minimum atomic E-state index is 0.210. The van der Waals surface area contributed by atoms with Crippen molar-refractivity contribution in [2.75, 3.05) is 26.4 Å². The fraction of sp³-hybridized carbons (Fsp3) is 0.308. The van der Waals surface area contributed by atoms with E-state index in [0.717, 1.165) is 59.4 Å². The predicted octanol–water partition coefficient (Wildman–Crippen LogP) is 5.32. The van der Waals surface area contributed by atoms with Crippen LogP contribution in [0.15, 0.2) is 72.8 Å². The lowest BCUT2D eigenvalue weighted by molar-refractivity contribution is 0.253. The molecule has 0 fully saturated rings. The number of rotatable bonds is 12. The molecule has 0 saturated heterocycles. The summed E-state index contributed by atoms with van der Waals surface area (Å²) in [5.41, 5.74) is 4.62. The average Bonchev–Trinajstić information content (AvgIpc) is 2.81. The molecule has 3 aromatic carbocycles. The largest absolute Gasteiger partial charge is 0.494 e. The molecule has 30 heavy (non-hydrogen) atoms. The molecule has 0 aliphatic carbocycles. The van der Waals surface area contributed by atoms with Gasteiger partial charge in [0.15, 0.2) is 0 Å². The van der Waals surface area contributed by atoms with E-state index in [0.29, 0.717) is 13.2 Å². The summed E-state index contributed by atoms with van der Waals surface area (Å²) in [7, 11) is 0. The molecule has 0 spiro atoms. The quantitative estimate of drug-likeness (QED) is 0.400. The van der Waals surface area contributed by atoms with Crippen LogP contribution in [0.1, 0.15) is 25.7 Å². The van der Waals surface area contributed by atoms with Crippen LogP contribution in [0.3, 0.4) is 0 Å². The summed E-state index contributed by atoms with van der Waals surface area (Å²) in [6, 6.07) is 24.7. The van der Waals surface area contributed by atoms with Gasteiger partial charge in [0.1, 0.15) is 11.5 Å². The summed E-state index contributed by atoms with van der Waals surface area (Å²) in [6.07, 6.45) is 3.25. The van der Waals surface area contributed by atoms with Gasteiger partial charge < -0.3 is 19.7 Å². The van der Waals surface area contributed by atoms with E-state index >= 15 is 0 Å². The first kappa shape index (κ1) is 21.9. The average molecular weight is 407 g/mol. The molecule has 0 aromatic heterocycles. The Labute approximate surface area is 178 Å². The lowest BCUT2D eigenvalue weighted by Crippen LogP contribution is -1.98. The molecule has 0 bridgehead atoms. The Bertz CT molecular complexity index is 781. The highest BCUT2D eigenvalue weighted by Crippen LogP contribution is 2.27. The lowest BCUT2D eigenvalue weighted by Gasteiger charge is -2.09. The van der Waals surface area contributed by atoms with E-state index in [-0.39, 0.29) is 13.2 Å². The van der Waals surface area contributed by atoms with Crippen molar-refractivity contribution in [2.24, 2.45) is 0 Å². The molecule has 0 aliphatic rings. The molecule has 2 N–H and O–H groups in total. The second kappa shape index (κ2) is 12.0. The van der Waals surface area contributed by atoms with E-state index < -0.39 is 0 Å². The van der Waals surface area contributed by atoms with Crippen LogP contribution in [-0.2, 0) is 0 Å². The first-order chi connectivity index (χ1) is 14.8. The zero-order valence-electron chi connectivity index (χ0n) is 17.3. The van der Waals surface area contributed by atoms with Gasteiger partial charge in [0.2, 0.25) is 0 Å². The molecule has 0 radical (unpaired) electrons. The molecule has 0 heterocycles. The van der Waals surface area contributed by atoms with Gasteiger partial charge in [-0.05, 0) is 72.2 Å². The number of aliphatic hydroxyl groups is 2. The zero-order chi connectivity index (χ0) is 21.0. The summed E-state index contributed by atoms with van der Waals surface area (Å²) in [4.78, 5) is 0. The van der Waals surface area contributed by atoms with Crippen molar-refractivity contribution in [3.05, 3.63) is 72.8 Å². The lowest BCUT2D eigenvalue weighted by atomic mass is 10.0. The van der Waals surface area contributed by atoms with E-state index in [1.807, 2.05) is 24.3 Å². The van der Waals surface area contributed by atoms with E-state index in [1.54, 1.807) is 0 Å². The van der Waals surface area contributed by atoms with Crippen molar-refractivity contribution in [3.63, 3.8) is 0 Å². The molecule has 4 heteroatoms. The van der Waals surface area contributed by atoms with Gasteiger partial charge in [0.05, 0.1) is 13.2 Å². The van der Waals surface area contributed by atoms with E-state index in [4.69, 9.17) is 19.7 Å². The maximum Gasteiger partial charge on any atom is 0.119 e. The van der Waals surface area contributed by atoms with Gasteiger partial charge in [-0.3, -0.25) is 0 Å². The second-order valence-electron chi connectivity index (χ2n) is 7.18. The fourth-order valence-electron chi connectivity index (χ4n) is 3.15. The SMILES string of the molecule is OCCCCOc1ccc(-c2ccc(-c3ccc(OCCCCO)cc3)cc2)cc1. The Morgan fingerprint density at radius 3 is 1.03 bits per heavy atom. The van der Waals surface area contributed by atoms with E-state index in [1.165, 1.54) is 0 Å². The van der Waals surface area contributed by atoms with Crippen LogP contribution in [0.2, 0.25) is 0 Å². The molecule has 158 valence electrons. The van der Waals surface area contributed by atoms with Gasteiger partial charge in [-0.15, -0.1) is 0 Å². The molecule has 0 saturated carbocycles. The van der Waals surface area contributed by atoms with Crippen LogP contribution in [0.5, 0.6) is 11.5 Å². The summed E-state index contributed by atoms with van der Waals surface area (Å²) in [5.74, 6) is 1.71. The number of ether oxygens (including phenoxy) is 2. The summed E-state index contributed by atoms with van der Waals surface area (Å²) in [6.45, 7) is 1.67. The van der Waals surface area contributed by atoms with Crippen molar-refractivity contribution < 1.29 is 19.7 Å². The van der Waals surface area contributed by atoms with Crippen LogP contribution in [0.4, 0.5) is 0 Å². The first-order valence-electron chi connectivity index (χ1n) is 10.6. The highest BCUT2D eigenvalue weighted by molar-refractivity contribution is 5.71. The van der Waals surface area contributed by atoms with Crippen LogP contribution in [0, 0.1) is 0 Å². The molecule has 0 atom stereocenters. The standard InChI is InChI=1S/C26H30O4/c27-17-1-3-19-29-25-13-9-23(10-14-25)21-5-7-22(8-6-21)24-11-15-26(16-12-24)30-20-4-2-18-28/h5-16,27-28H,1-4,17-20H2. The highest BCUT2D eigenvalue weighted by atomic mass is 16.5. The van der Waals surface area contributed by atoms with Gasteiger partial charge in [-0.2, -0.15) is 0 Å². The van der Waals surface area contributed by atoms with Gasteiger partial charge in [-0.1, -0.05) is 48.5 Å². The molecule has 0 amide bonds. The number of unbranched alkanes of at least 4 members (excludes halogenated alkanes) is 2. The summed E-state index contributed by atoms with van der Waals surface area (Å²) in [5, 5.41) is 17.6. The summed E-state index contributed by atoms with van der Waals surface area (Å²) < 4.78 is 11.4. The maximum atomic E-state index is 8.81. The monoisotopic (exact) mass is 406 g/mol. The number of benzene rings is 3. The Hall–Kier alpha value is -2.82. The topological polar surface area (TPSA) is 58.9 Å². The van der Waals surface area contributed by atoms with Gasteiger partial charge >= 0.3 is 0 Å². The molecule has 0 unspecified atom stereocenters. The predicted molar refractivity (Wildman–Crippen MR) is 121 cm³/mol.